The van der Waals surface area contributed by atoms with E-state index in [9.17, 15) is 9.59 Å². The van der Waals surface area contributed by atoms with Crippen molar-refractivity contribution >= 4 is 17.8 Å². The number of nitrogens with one attached hydrogen (secondary N) is 1. The van der Waals surface area contributed by atoms with Crippen LogP contribution in [0, 0.1) is 0 Å². The van der Waals surface area contributed by atoms with Gasteiger partial charge in [0.2, 0.25) is 5.82 Å². The first-order chi connectivity index (χ1) is 16.4. The fraction of sp³-hybridized carbons (Fsp3) is 0.435. The molecule has 0 aliphatic carbocycles. The van der Waals surface area contributed by atoms with Crippen molar-refractivity contribution in [3.05, 3.63) is 47.3 Å². The molecule has 4 heterocycles. The van der Waals surface area contributed by atoms with Crippen molar-refractivity contribution < 1.29 is 9.59 Å². The molecule has 0 unspecified atom stereocenters. The highest BCUT2D eigenvalue weighted by Crippen LogP contribution is 2.22. The summed E-state index contributed by atoms with van der Waals surface area (Å²) in [5.74, 6) is 0.525. The van der Waals surface area contributed by atoms with Gasteiger partial charge in [-0.05, 0) is 66.4 Å². The maximum Gasteiger partial charge on any atom is 0.320 e. The summed E-state index contributed by atoms with van der Waals surface area (Å²) < 4.78 is 1.67. The number of carbonyl (C=O) groups is 2. The van der Waals surface area contributed by atoms with Gasteiger partial charge in [-0.3, -0.25) is 9.78 Å². The molecular formula is C23H29N9O2. The number of pyridine rings is 2. The van der Waals surface area contributed by atoms with E-state index in [0.717, 1.165) is 17.5 Å². The van der Waals surface area contributed by atoms with E-state index in [2.05, 4.69) is 30.8 Å². The van der Waals surface area contributed by atoms with E-state index in [1.165, 1.54) is 0 Å². The number of tetrazole rings is 1. The Bertz CT molecular complexity index is 1190. The van der Waals surface area contributed by atoms with E-state index in [1.807, 2.05) is 32.7 Å². The molecule has 0 aromatic carbocycles. The maximum atomic E-state index is 12.9. The Balaban J connectivity index is 1.49. The number of rotatable bonds is 6. The van der Waals surface area contributed by atoms with Crippen molar-refractivity contribution in [3.8, 4) is 11.5 Å². The molecule has 3 aromatic heterocycles. The van der Waals surface area contributed by atoms with Crippen molar-refractivity contribution in [1.82, 2.24) is 40.0 Å². The van der Waals surface area contributed by atoms with E-state index in [-0.39, 0.29) is 23.7 Å². The fourth-order valence-corrected chi connectivity index (χ4v) is 3.92. The number of urea groups is 1. The predicted molar refractivity (Wildman–Crippen MR) is 126 cm³/mol. The number of aromatic nitrogens is 6. The zero-order valence-electron chi connectivity index (χ0n) is 19.9. The minimum absolute atomic E-state index is 0.0000616. The van der Waals surface area contributed by atoms with Crippen LogP contribution in [0.4, 0.5) is 10.6 Å². The first-order valence-electron chi connectivity index (χ1n) is 11.4. The minimum Gasteiger partial charge on any atom is -0.328 e. The molecule has 0 saturated carbocycles. The monoisotopic (exact) mass is 463 g/mol. The highest BCUT2D eigenvalue weighted by atomic mass is 16.2. The van der Waals surface area contributed by atoms with E-state index >= 15 is 0 Å². The van der Waals surface area contributed by atoms with Gasteiger partial charge in [0, 0.05) is 32.9 Å². The molecule has 0 bridgehead atoms. The Morgan fingerprint density at radius 1 is 1.24 bits per heavy atom. The molecule has 0 spiro atoms. The van der Waals surface area contributed by atoms with Crippen molar-refractivity contribution in [2.24, 2.45) is 0 Å². The standard InChI is InChI=1S/C23H29N9O2/c1-5-10-30(4)23(34)31-11-9-16-13-24-19(12-17(16)14-31)22(33)26-20-8-6-7-18(25-20)21-27-28-29-32(21)15(2)3/h6-8,12-13,15H,5,9-11,14H2,1-4H3,(H,25,26,33). The fourth-order valence-electron chi connectivity index (χ4n) is 3.92. The second-order valence-corrected chi connectivity index (χ2v) is 8.62. The molecule has 4 rings (SSSR count). The van der Waals surface area contributed by atoms with Crippen LogP contribution in [0.5, 0.6) is 0 Å². The van der Waals surface area contributed by atoms with Gasteiger partial charge in [-0.25, -0.2) is 14.5 Å². The van der Waals surface area contributed by atoms with E-state index < -0.39 is 0 Å². The summed E-state index contributed by atoms with van der Waals surface area (Å²) in [5.41, 5.74) is 2.82. The van der Waals surface area contributed by atoms with Crippen molar-refractivity contribution in [2.45, 2.75) is 46.2 Å². The van der Waals surface area contributed by atoms with Gasteiger partial charge in [0.25, 0.3) is 5.91 Å². The van der Waals surface area contributed by atoms with Gasteiger partial charge in [0.1, 0.15) is 17.2 Å². The van der Waals surface area contributed by atoms with Gasteiger partial charge in [-0.15, -0.1) is 5.10 Å². The first kappa shape index (κ1) is 23.3. The van der Waals surface area contributed by atoms with Crippen LogP contribution in [-0.2, 0) is 13.0 Å². The van der Waals surface area contributed by atoms with Crippen molar-refractivity contribution in [1.29, 1.82) is 0 Å². The van der Waals surface area contributed by atoms with Gasteiger partial charge in [-0.1, -0.05) is 13.0 Å². The highest BCUT2D eigenvalue weighted by molar-refractivity contribution is 6.02. The number of hydrogen-bond donors (Lipinski definition) is 1. The number of hydrogen-bond acceptors (Lipinski definition) is 7. The lowest BCUT2D eigenvalue weighted by atomic mass is 10.0. The van der Waals surface area contributed by atoms with E-state index in [0.29, 0.717) is 43.4 Å². The normalized spacial score (nSPS) is 13.0. The zero-order chi connectivity index (χ0) is 24.2. The van der Waals surface area contributed by atoms with Gasteiger partial charge in [-0.2, -0.15) is 0 Å². The molecule has 3 aromatic rings. The lowest BCUT2D eigenvalue weighted by Gasteiger charge is -2.32. The Hall–Kier alpha value is -3.89. The van der Waals surface area contributed by atoms with Crippen molar-refractivity contribution in [2.75, 3.05) is 25.5 Å². The number of fused-ring (bicyclic) bond motifs is 1. The smallest absolute Gasteiger partial charge is 0.320 e. The molecule has 34 heavy (non-hydrogen) atoms. The molecule has 178 valence electrons. The van der Waals surface area contributed by atoms with Gasteiger partial charge < -0.3 is 15.1 Å². The second kappa shape index (κ2) is 9.94. The molecule has 0 saturated heterocycles. The Morgan fingerprint density at radius 2 is 2.06 bits per heavy atom. The van der Waals surface area contributed by atoms with Gasteiger partial charge >= 0.3 is 6.03 Å². The van der Waals surface area contributed by atoms with Crippen LogP contribution in [0.3, 0.4) is 0 Å². The van der Waals surface area contributed by atoms with Crippen LogP contribution >= 0.6 is 0 Å². The lowest BCUT2D eigenvalue weighted by molar-refractivity contribution is 0.102. The first-order valence-corrected chi connectivity index (χ1v) is 11.4. The van der Waals surface area contributed by atoms with Crippen LogP contribution < -0.4 is 5.32 Å². The number of nitrogens with zero attached hydrogens (tertiary/aromatic N) is 8. The number of carbonyl (C=O) groups excluding carboxylic acids is 2. The van der Waals surface area contributed by atoms with Crippen LogP contribution in [0.15, 0.2) is 30.5 Å². The summed E-state index contributed by atoms with van der Waals surface area (Å²) in [5, 5.41) is 14.6. The number of anilines is 1. The SMILES string of the molecule is CCCN(C)C(=O)N1CCc2cnc(C(=O)Nc3cccc(-c4nnnn4C(C)C)n3)cc2C1. The molecule has 0 radical (unpaired) electrons. The Morgan fingerprint density at radius 3 is 2.82 bits per heavy atom. The highest BCUT2D eigenvalue weighted by Gasteiger charge is 2.24. The van der Waals surface area contributed by atoms with Crippen LogP contribution in [0.25, 0.3) is 11.5 Å². The van der Waals surface area contributed by atoms with Crippen molar-refractivity contribution in [3.63, 3.8) is 0 Å². The summed E-state index contributed by atoms with van der Waals surface area (Å²) in [4.78, 5) is 38.0. The summed E-state index contributed by atoms with van der Waals surface area (Å²) in [6.07, 6.45) is 3.34. The van der Waals surface area contributed by atoms with Crippen LogP contribution in [0.1, 0.15) is 54.8 Å². The average Bonchev–Trinajstić information content (AvgIpc) is 3.34. The van der Waals surface area contributed by atoms with Crippen LogP contribution in [-0.4, -0.2) is 72.1 Å². The predicted octanol–water partition coefficient (Wildman–Crippen LogP) is 2.78. The third kappa shape index (κ3) is 4.87. The number of amides is 3. The topological polar surface area (TPSA) is 122 Å². The molecule has 1 N–H and O–H groups in total. The van der Waals surface area contributed by atoms with E-state index in [1.54, 1.807) is 40.0 Å². The van der Waals surface area contributed by atoms with Gasteiger partial charge in [0.15, 0.2) is 0 Å². The Kier molecular flexibility index (Phi) is 6.80. The molecule has 1 aliphatic heterocycles. The zero-order valence-corrected chi connectivity index (χ0v) is 19.9. The third-order valence-electron chi connectivity index (χ3n) is 5.69. The summed E-state index contributed by atoms with van der Waals surface area (Å²) in [6.45, 7) is 7.80. The minimum atomic E-state index is -0.373. The summed E-state index contributed by atoms with van der Waals surface area (Å²) in [7, 11) is 1.81. The van der Waals surface area contributed by atoms with Gasteiger partial charge in [0.05, 0.1) is 6.04 Å². The molecule has 3 amide bonds. The molecular weight excluding hydrogens is 434 g/mol. The largest absolute Gasteiger partial charge is 0.328 e. The molecule has 0 atom stereocenters. The van der Waals surface area contributed by atoms with E-state index in [4.69, 9.17) is 0 Å². The second-order valence-electron chi connectivity index (χ2n) is 8.62. The molecule has 11 nitrogen and oxygen atoms in total. The Labute approximate surface area is 198 Å². The third-order valence-corrected chi connectivity index (χ3v) is 5.69. The maximum absolute atomic E-state index is 12.9. The molecule has 1 aliphatic rings. The summed E-state index contributed by atoms with van der Waals surface area (Å²) in [6, 6.07) is 7.10. The van der Waals surface area contributed by atoms with Crippen LogP contribution in [0.2, 0.25) is 0 Å². The average molecular weight is 464 g/mol. The quantitative estimate of drug-likeness (QED) is 0.596. The summed E-state index contributed by atoms with van der Waals surface area (Å²) >= 11 is 0. The molecule has 0 fully saturated rings. The molecule has 11 heteroatoms. The lowest BCUT2D eigenvalue weighted by Crippen LogP contribution is -2.44.